The predicted octanol–water partition coefficient (Wildman–Crippen LogP) is 4.12. The lowest BCUT2D eigenvalue weighted by molar-refractivity contribution is -0.0498. The van der Waals surface area contributed by atoms with Crippen molar-refractivity contribution in [2.24, 2.45) is 0 Å². The highest BCUT2D eigenvalue weighted by atomic mass is 35.5. The van der Waals surface area contributed by atoms with Crippen molar-refractivity contribution in [3.05, 3.63) is 71.5 Å². The van der Waals surface area contributed by atoms with Gasteiger partial charge in [-0.25, -0.2) is 4.68 Å². The number of hydrogen-bond acceptors (Lipinski definition) is 5. The number of morpholine rings is 1. The zero-order chi connectivity index (χ0) is 21.8. The van der Waals surface area contributed by atoms with Crippen LogP contribution in [0.4, 0.5) is 14.5 Å². The molecule has 1 aliphatic rings. The number of ether oxygens (including phenoxy) is 2. The van der Waals surface area contributed by atoms with Crippen LogP contribution in [0.3, 0.4) is 0 Å². The first-order valence-electron chi connectivity index (χ1n) is 9.85. The molecule has 7 nitrogen and oxygen atoms in total. The average Bonchev–Trinajstić information content (AvgIpc) is 3.16. The number of hydrogen-bond donors (Lipinski definition) is 2. The first kappa shape index (κ1) is 23.6. The SMILES string of the molecule is Cc1c(C(=O)Nc2ccc(C3CNCCO3)cc2)cnn1-c1ccc(OC(F)F)cc1.Cl. The molecule has 2 heterocycles. The molecule has 4 rings (SSSR count). The van der Waals surface area contributed by atoms with E-state index in [1.54, 1.807) is 23.7 Å². The minimum Gasteiger partial charge on any atom is -0.435 e. The number of rotatable bonds is 6. The largest absolute Gasteiger partial charge is 0.435 e. The fraction of sp³-hybridized carbons (Fsp3) is 0.273. The molecular weight excluding hydrogens is 442 g/mol. The number of nitrogens with one attached hydrogen (secondary N) is 2. The number of carbonyl (C=O) groups is 1. The fourth-order valence-corrected chi connectivity index (χ4v) is 3.42. The monoisotopic (exact) mass is 464 g/mol. The summed E-state index contributed by atoms with van der Waals surface area (Å²) >= 11 is 0. The van der Waals surface area contributed by atoms with Gasteiger partial charge in [0, 0.05) is 18.8 Å². The van der Waals surface area contributed by atoms with Crippen LogP contribution in [-0.4, -0.2) is 42.0 Å². The molecule has 32 heavy (non-hydrogen) atoms. The number of nitrogens with zero attached hydrogens (tertiary/aromatic N) is 2. The van der Waals surface area contributed by atoms with Gasteiger partial charge in [0.15, 0.2) is 0 Å². The van der Waals surface area contributed by atoms with Gasteiger partial charge in [-0.05, 0) is 48.9 Å². The Labute approximate surface area is 190 Å². The lowest BCUT2D eigenvalue weighted by Crippen LogP contribution is -2.33. The van der Waals surface area contributed by atoms with Gasteiger partial charge in [0.2, 0.25) is 0 Å². The molecule has 0 aliphatic carbocycles. The molecule has 0 radical (unpaired) electrons. The van der Waals surface area contributed by atoms with Gasteiger partial charge in [-0.3, -0.25) is 4.79 Å². The quantitative estimate of drug-likeness (QED) is 0.574. The normalized spacial score (nSPS) is 15.8. The lowest BCUT2D eigenvalue weighted by Gasteiger charge is -2.24. The third kappa shape index (κ3) is 5.42. The summed E-state index contributed by atoms with van der Waals surface area (Å²) in [6.45, 7) is 1.18. The zero-order valence-electron chi connectivity index (χ0n) is 17.3. The third-order valence-electron chi connectivity index (χ3n) is 5.03. The summed E-state index contributed by atoms with van der Waals surface area (Å²) in [5, 5.41) is 10.4. The Morgan fingerprint density at radius 3 is 2.56 bits per heavy atom. The van der Waals surface area contributed by atoms with E-state index in [-0.39, 0.29) is 30.2 Å². The van der Waals surface area contributed by atoms with E-state index in [9.17, 15) is 13.6 Å². The minimum atomic E-state index is -2.88. The van der Waals surface area contributed by atoms with Crippen LogP contribution in [-0.2, 0) is 4.74 Å². The first-order chi connectivity index (χ1) is 15.0. The molecule has 1 fully saturated rings. The molecule has 1 aromatic heterocycles. The Morgan fingerprint density at radius 2 is 1.94 bits per heavy atom. The van der Waals surface area contributed by atoms with E-state index in [0.717, 1.165) is 18.7 Å². The van der Waals surface area contributed by atoms with E-state index in [1.807, 2.05) is 24.3 Å². The molecule has 10 heteroatoms. The molecule has 1 saturated heterocycles. The van der Waals surface area contributed by atoms with Crippen molar-refractivity contribution in [1.82, 2.24) is 15.1 Å². The number of benzene rings is 2. The molecule has 3 aromatic rings. The number of aromatic nitrogens is 2. The van der Waals surface area contributed by atoms with Gasteiger partial charge in [-0.1, -0.05) is 12.1 Å². The summed E-state index contributed by atoms with van der Waals surface area (Å²) in [5.74, 6) is -0.232. The van der Waals surface area contributed by atoms with E-state index in [1.165, 1.54) is 18.3 Å². The Bertz CT molecular complexity index is 1040. The molecule has 2 aromatic carbocycles. The second-order valence-corrected chi connectivity index (χ2v) is 7.07. The van der Waals surface area contributed by atoms with Crippen LogP contribution in [0.5, 0.6) is 5.75 Å². The number of halogens is 3. The molecule has 1 unspecified atom stereocenters. The standard InChI is InChI=1S/C22H22F2N4O3.ClH/c1-14-19(12-26-28(14)17-6-8-18(9-7-17)31-22(23)24)21(29)27-16-4-2-15(3-5-16)20-13-25-10-11-30-20;/h2-9,12,20,22,25H,10-11,13H2,1H3,(H,27,29);1H. The van der Waals surface area contributed by atoms with Crippen molar-refractivity contribution < 1.29 is 23.0 Å². The summed E-state index contributed by atoms with van der Waals surface area (Å²) < 4.78 is 36.3. The zero-order valence-corrected chi connectivity index (χ0v) is 18.1. The van der Waals surface area contributed by atoms with Gasteiger partial charge in [0.1, 0.15) is 5.75 Å². The Balaban J connectivity index is 0.00000289. The topological polar surface area (TPSA) is 77.4 Å². The molecular formula is C22H23ClF2N4O3. The first-order valence-corrected chi connectivity index (χ1v) is 9.85. The number of alkyl halides is 2. The van der Waals surface area contributed by atoms with Crippen molar-refractivity contribution >= 4 is 24.0 Å². The molecule has 1 amide bonds. The highest BCUT2D eigenvalue weighted by molar-refractivity contribution is 6.05. The summed E-state index contributed by atoms with van der Waals surface area (Å²) in [6, 6.07) is 13.6. The molecule has 1 atom stereocenters. The Morgan fingerprint density at radius 1 is 1.22 bits per heavy atom. The molecule has 1 aliphatic heterocycles. The summed E-state index contributed by atoms with van der Waals surface area (Å²) in [6.07, 6.45) is 1.49. The molecule has 2 N–H and O–H groups in total. The van der Waals surface area contributed by atoms with Crippen LogP contribution in [0, 0.1) is 6.92 Å². The predicted molar refractivity (Wildman–Crippen MR) is 118 cm³/mol. The second kappa shape index (κ2) is 10.5. The highest BCUT2D eigenvalue weighted by Crippen LogP contribution is 2.22. The molecule has 0 saturated carbocycles. The van der Waals surface area contributed by atoms with Crippen LogP contribution in [0.2, 0.25) is 0 Å². The van der Waals surface area contributed by atoms with Crippen molar-refractivity contribution in [2.75, 3.05) is 25.0 Å². The maximum atomic E-state index is 12.7. The van der Waals surface area contributed by atoms with Crippen molar-refractivity contribution in [3.8, 4) is 11.4 Å². The maximum absolute atomic E-state index is 12.7. The average molecular weight is 465 g/mol. The van der Waals surface area contributed by atoms with Crippen molar-refractivity contribution in [2.45, 2.75) is 19.6 Å². The molecule has 170 valence electrons. The van der Waals surface area contributed by atoms with E-state index >= 15 is 0 Å². The van der Waals surface area contributed by atoms with Gasteiger partial charge in [-0.15, -0.1) is 12.4 Å². The van der Waals surface area contributed by atoms with E-state index < -0.39 is 6.61 Å². The van der Waals surface area contributed by atoms with Crippen LogP contribution in [0.15, 0.2) is 54.7 Å². The van der Waals surface area contributed by atoms with Gasteiger partial charge in [0.05, 0.1) is 35.9 Å². The van der Waals surface area contributed by atoms with Crippen LogP contribution in [0.1, 0.15) is 27.7 Å². The third-order valence-corrected chi connectivity index (χ3v) is 5.03. The summed E-state index contributed by atoms with van der Waals surface area (Å²) in [4.78, 5) is 12.7. The Kier molecular flexibility index (Phi) is 7.79. The van der Waals surface area contributed by atoms with Gasteiger partial charge >= 0.3 is 6.61 Å². The van der Waals surface area contributed by atoms with Crippen molar-refractivity contribution in [3.63, 3.8) is 0 Å². The summed E-state index contributed by atoms with van der Waals surface area (Å²) in [5.41, 5.74) is 3.38. The smallest absolute Gasteiger partial charge is 0.387 e. The fourth-order valence-electron chi connectivity index (χ4n) is 3.42. The molecule has 0 bridgehead atoms. The van der Waals surface area contributed by atoms with E-state index in [2.05, 4.69) is 20.5 Å². The summed E-state index contributed by atoms with van der Waals surface area (Å²) in [7, 11) is 0. The Hall–Kier alpha value is -3.01. The maximum Gasteiger partial charge on any atom is 0.387 e. The van der Waals surface area contributed by atoms with Crippen molar-refractivity contribution in [1.29, 1.82) is 0 Å². The van der Waals surface area contributed by atoms with E-state index in [0.29, 0.717) is 29.2 Å². The number of amides is 1. The van der Waals surface area contributed by atoms with Gasteiger partial charge in [0.25, 0.3) is 5.91 Å². The highest BCUT2D eigenvalue weighted by Gasteiger charge is 2.18. The second-order valence-electron chi connectivity index (χ2n) is 7.07. The number of carbonyl (C=O) groups excluding carboxylic acids is 1. The van der Waals surface area contributed by atoms with Crippen LogP contribution in [0.25, 0.3) is 5.69 Å². The van der Waals surface area contributed by atoms with Crippen LogP contribution < -0.4 is 15.4 Å². The van der Waals surface area contributed by atoms with Crippen LogP contribution >= 0.6 is 12.4 Å². The van der Waals surface area contributed by atoms with Gasteiger partial charge < -0.3 is 20.1 Å². The lowest BCUT2D eigenvalue weighted by atomic mass is 10.1. The number of anilines is 1. The molecule has 0 spiro atoms. The minimum absolute atomic E-state index is 0. The van der Waals surface area contributed by atoms with E-state index in [4.69, 9.17) is 4.74 Å². The van der Waals surface area contributed by atoms with Gasteiger partial charge in [-0.2, -0.15) is 13.9 Å².